The lowest BCUT2D eigenvalue weighted by atomic mass is 10.1. The maximum absolute atomic E-state index is 12.2. The van der Waals surface area contributed by atoms with Gasteiger partial charge in [0.2, 0.25) is 0 Å². The highest BCUT2D eigenvalue weighted by Crippen LogP contribution is 2.24. The van der Waals surface area contributed by atoms with Crippen LogP contribution in [0.5, 0.6) is 5.75 Å². The second kappa shape index (κ2) is 8.13. The van der Waals surface area contributed by atoms with E-state index in [1.165, 1.54) is 0 Å². The average Bonchev–Trinajstić information content (AvgIpc) is 2.70. The Bertz CT molecular complexity index is 483. The molecule has 1 aromatic carbocycles. The molecular weight excluding hydrogens is 318 g/mol. The molecule has 1 aliphatic rings. The van der Waals surface area contributed by atoms with Crippen molar-refractivity contribution >= 4 is 29.4 Å². The summed E-state index contributed by atoms with van der Waals surface area (Å²) in [6.45, 7) is 4.21. The molecule has 1 amide bonds. The predicted molar refractivity (Wildman–Crippen MR) is 94.1 cm³/mol. The van der Waals surface area contributed by atoms with Crippen LogP contribution in [0, 0.1) is 0 Å². The van der Waals surface area contributed by atoms with Gasteiger partial charge < -0.3 is 15.2 Å². The van der Waals surface area contributed by atoms with Crippen molar-refractivity contribution in [3.05, 3.63) is 29.8 Å². The molecule has 0 aliphatic carbocycles. The van der Waals surface area contributed by atoms with Crippen molar-refractivity contribution in [2.45, 2.75) is 25.6 Å². The molecule has 6 heteroatoms. The van der Waals surface area contributed by atoms with Gasteiger partial charge in [-0.1, -0.05) is 0 Å². The van der Waals surface area contributed by atoms with Crippen LogP contribution in [-0.4, -0.2) is 52.3 Å². The van der Waals surface area contributed by atoms with Crippen molar-refractivity contribution in [2.75, 3.05) is 29.6 Å². The Labute approximate surface area is 140 Å². The summed E-state index contributed by atoms with van der Waals surface area (Å²) in [5.74, 6) is 4.03. The number of ether oxygens (including phenoxy) is 1. The molecule has 0 radical (unpaired) electrons. The van der Waals surface area contributed by atoms with Crippen molar-refractivity contribution in [2.24, 2.45) is 0 Å². The third kappa shape index (κ3) is 5.41. The molecule has 22 heavy (non-hydrogen) atoms. The first-order valence-corrected chi connectivity index (χ1v) is 9.72. The molecule has 2 N–H and O–H groups in total. The standard InChI is InChI=1S/C16H23NO3S2/c1-12(2)20-14-5-3-13(4-6-14)15(18)17-9-16(19)10-21-7-8-22-11-16/h3-6,12,19H,7-11H2,1-2H3,(H,17,18). The highest BCUT2D eigenvalue weighted by atomic mass is 32.2. The summed E-state index contributed by atoms with van der Waals surface area (Å²) < 4.78 is 5.56. The van der Waals surface area contributed by atoms with Crippen LogP contribution < -0.4 is 10.1 Å². The lowest BCUT2D eigenvalue weighted by Gasteiger charge is -2.25. The number of carbonyl (C=O) groups is 1. The molecule has 0 bridgehead atoms. The lowest BCUT2D eigenvalue weighted by molar-refractivity contribution is 0.0753. The first-order chi connectivity index (χ1) is 10.5. The molecule has 1 aromatic rings. The maximum Gasteiger partial charge on any atom is 0.251 e. The van der Waals surface area contributed by atoms with Gasteiger partial charge in [0.25, 0.3) is 5.91 Å². The molecule has 1 aliphatic heterocycles. The van der Waals surface area contributed by atoms with Crippen molar-refractivity contribution in [1.29, 1.82) is 0 Å². The van der Waals surface area contributed by atoms with E-state index in [-0.39, 0.29) is 18.6 Å². The van der Waals surface area contributed by atoms with Crippen LogP contribution in [-0.2, 0) is 0 Å². The summed E-state index contributed by atoms with van der Waals surface area (Å²) in [4.78, 5) is 12.2. The number of nitrogens with one attached hydrogen (secondary N) is 1. The van der Waals surface area contributed by atoms with Gasteiger partial charge in [0.1, 0.15) is 5.75 Å². The van der Waals surface area contributed by atoms with Gasteiger partial charge in [0, 0.05) is 35.1 Å². The highest BCUT2D eigenvalue weighted by molar-refractivity contribution is 8.03. The summed E-state index contributed by atoms with van der Waals surface area (Å²) in [7, 11) is 0. The van der Waals surface area contributed by atoms with Crippen molar-refractivity contribution in [3.8, 4) is 5.75 Å². The SMILES string of the molecule is CC(C)Oc1ccc(C(=O)NCC2(O)CSCCSC2)cc1. The van der Waals surface area contributed by atoms with E-state index in [4.69, 9.17) is 4.74 Å². The lowest BCUT2D eigenvalue weighted by Crippen LogP contribution is -2.46. The fourth-order valence-corrected chi connectivity index (χ4v) is 4.62. The number of benzene rings is 1. The van der Waals surface area contributed by atoms with Crippen LogP contribution in [0.25, 0.3) is 0 Å². The van der Waals surface area contributed by atoms with Crippen molar-refractivity contribution in [3.63, 3.8) is 0 Å². The molecule has 1 saturated heterocycles. The summed E-state index contributed by atoms with van der Waals surface area (Å²) in [6.07, 6.45) is 0.110. The fourth-order valence-electron chi connectivity index (χ4n) is 2.09. The molecule has 1 heterocycles. The van der Waals surface area contributed by atoms with Gasteiger partial charge in [-0.05, 0) is 38.1 Å². The van der Waals surface area contributed by atoms with Gasteiger partial charge in [-0.2, -0.15) is 23.5 Å². The smallest absolute Gasteiger partial charge is 0.251 e. The van der Waals surface area contributed by atoms with E-state index in [0.29, 0.717) is 17.1 Å². The second-order valence-corrected chi connectivity index (χ2v) is 7.91. The Kier molecular flexibility index (Phi) is 6.47. The number of hydrogen-bond donors (Lipinski definition) is 2. The van der Waals surface area contributed by atoms with Crippen molar-refractivity contribution < 1.29 is 14.6 Å². The molecule has 1 fully saturated rings. The number of carbonyl (C=O) groups excluding carboxylic acids is 1. The monoisotopic (exact) mass is 341 g/mol. The minimum Gasteiger partial charge on any atom is -0.491 e. The molecule has 0 spiro atoms. The van der Waals surface area contributed by atoms with Crippen LogP contribution in [0.3, 0.4) is 0 Å². The summed E-state index contributed by atoms with van der Waals surface area (Å²) in [5.41, 5.74) is -0.240. The third-order valence-corrected chi connectivity index (χ3v) is 5.91. The number of aliphatic hydroxyl groups is 1. The van der Waals surface area contributed by atoms with Gasteiger partial charge in [-0.15, -0.1) is 0 Å². The maximum atomic E-state index is 12.2. The zero-order chi connectivity index (χ0) is 16.0. The fraction of sp³-hybridized carbons (Fsp3) is 0.562. The normalized spacial score (nSPS) is 17.8. The van der Waals surface area contributed by atoms with E-state index in [1.54, 1.807) is 47.8 Å². The molecule has 0 saturated carbocycles. The highest BCUT2D eigenvalue weighted by Gasteiger charge is 2.29. The Morgan fingerprint density at radius 3 is 2.41 bits per heavy atom. The summed E-state index contributed by atoms with van der Waals surface area (Å²) in [5, 5.41) is 13.4. The molecule has 0 atom stereocenters. The zero-order valence-corrected chi connectivity index (χ0v) is 14.6. The average molecular weight is 341 g/mol. The van der Waals surface area contributed by atoms with Crippen LogP contribution in [0.4, 0.5) is 0 Å². The van der Waals surface area contributed by atoms with Crippen LogP contribution >= 0.6 is 23.5 Å². The van der Waals surface area contributed by atoms with Crippen LogP contribution in [0.15, 0.2) is 24.3 Å². The van der Waals surface area contributed by atoms with Crippen LogP contribution in [0.1, 0.15) is 24.2 Å². The third-order valence-electron chi connectivity index (χ3n) is 3.18. The van der Waals surface area contributed by atoms with Gasteiger partial charge in [-0.3, -0.25) is 4.79 Å². The minimum absolute atomic E-state index is 0.110. The molecule has 122 valence electrons. The minimum atomic E-state index is -0.817. The number of rotatable bonds is 5. The van der Waals surface area contributed by atoms with E-state index < -0.39 is 5.60 Å². The number of hydrogen-bond acceptors (Lipinski definition) is 5. The zero-order valence-electron chi connectivity index (χ0n) is 13.0. The quantitative estimate of drug-likeness (QED) is 0.861. The topological polar surface area (TPSA) is 58.6 Å². The Morgan fingerprint density at radius 2 is 1.86 bits per heavy atom. The Balaban J connectivity index is 1.88. The molecule has 4 nitrogen and oxygen atoms in total. The first-order valence-electron chi connectivity index (χ1n) is 7.41. The number of thioether (sulfide) groups is 2. The van der Waals surface area contributed by atoms with E-state index in [0.717, 1.165) is 17.3 Å². The van der Waals surface area contributed by atoms with Gasteiger partial charge in [0.15, 0.2) is 0 Å². The molecule has 0 aromatic heterocycles. The summed E-state index contributed by atoms with van der Waals surface area (Å²) in [6, 6.07) is 7.07. The van der Waals surface area contributed by atoms with Gasteiger partial charge in [-0.25, -0.2) is 0 Å². The largest absolute Gasteiger partial charge is 0.491 e. The predicted octanol–water partition coefficient (Wildman–Crippen LogP) is 2.41. The van der Waals surface area contributed by atoms with Crippen molar-refractivity contribution in [1.82, 2.24) is 5.32 Å². The Hall–Kier alpha value is -0.850. The van der Waals surface area contributed by atoms with E-state index in [9.17, 15) is 9.90 Å². The molecule has 0 unspecified atom stereocenters. The van der Waals surface area contributed by atoms with E-state index in [1.807, 2.05) is 13.8 Å². The van der Waals surface area contributed by atoms with E-state index >= 15 is 0 Å². The first kappa shape index (κ1) is 17.5. The van der Waals surface area contributed by atoms with Crippen LogP contribution in [0.2, 0.25) is 0 Å². The van der Waals surface area contributed by atoms with Gasteiger partial charge >= 0.3 is 0 Å². The molecular formula is C16H23NO3S2. The number of amides is 1. The Morgan fingerprint density at radius 1 is 1.27 bits per heavy atom. The van der Waals surface area contributed by atoms with E-state index in [2.05, 4.69) is 5.32 Å². The second-order valence-electron chi connectivity index (χ2n) is 5.70. The summed E-state index contributed by atoms with van der Waals surface area (Å²) >= 11 is 3.48. The molecule has 2 rings (SSSR count). The van der Waals surface area contributed by atoms with Gasteiger partial charge in [0.05, 0.1) is 11.7 Å².